The molecular weight excluding hydrogens is 358 g/mol. The number of benzene rings is 2. The van der Waals surface area contributed by atoms with Crippen LogP contribution in [0.3, 0.4) is 0 Å². The van der Waals surface area contributed by atoms with Crippen molar-refractivity contribution in [2.75, 3.05) is 11.9 Å². The molecule has 27 heavy (non-hydrogen) atoms. The van der Waals surface area contributed by atoms with E-state index >= 15 is 0 Å². The van der Waals surface area contributed by atoms with Crippen LogP contribution in [-0.4, -0.2) is 12.7 Å². The first-order chi connectivity index (χ1) is 13.0. The van der Waals surface area contributed by atoms with Crippen LogP contribution < -0.4 is 5.32 Å². The molecule has 4 heteroatoms. The Morgan fingerprint density at radius 1 is 1.15 bits per heavy atom. The molecule has 0 aliphatic heterocycles. The van der Waals surface area contributed by atoms with Gasteiger partial charge in [-0.1, -0.05) is 74.9 Å². The molecule has 0 heterocycles. The van der Waals surface area contributed by atoms with Gasteiger partial charge in [0.1, 0.15) is 0 Å². The summed E-state index contributed by atoms with van der Waals surface area (Å²) in [6.07, 6.45) is 5.35. The quantitative estimate of drug-likeness (QED) is 0.453. The topological polar surface area (TPSA) is 38.3 Å². The van der Waals surface area contributed by atoms with Gasteiger partial charge in [-0.25, -0.2) is 4.79 Å². The Morgan fingerprint density at radius 3 is 2.67 bits per heavy atom. The van der Waals surface area contributed by atoms with E-state index in [9.17, 15) is 4.79 Å². The molecule has 0 saturated heterocycles. The number of halogens is 1. The lowest BCUT2D eigenvalue weighted by Crippen LogP contribution is -2.19. The van der Waals surface area contributed by atoms with Gasteiger partial charge in [-0.05, 0) is 49.1 Å². The summed E-state index contributed by atoms with van der Waals surface area (Å²) in [6.45, 7) is 6.84. The van der Waals surface area contributed by atoms with Gasteiger partial charge in [-0.3, -0.25) is 5.32 Å². The summed E-state index contributed by atoms with van der Waals surface area (Å²) >= 11 is 6.13. The lowest BCUT2D eigenvalue weighted by atomic mass is 10.00. The molecule has 2 aromatic rings. The summed E-state index contributed by atoms with van der Waals surface area (Å²) in [5, 5.41) is 3.57. The second-order valence-electron chi connectivity index (χ2n) is 7.05. The Balaban J connectivity index is 2.03. The van der Waals surface area contributed by atoms with Crippen molar-refractivity contribution in [3.8, 4) is 11.1 Å². The minimum atomic E-state index is -0.406. The Labute approximate surface area is 168 Å². The first-order valence-electron chi connectivity index (χ1n) is 9.83. The largest absolute Gasteiger partial charge is 0.449 e. The highest BCUT2D eigenvalue weighted by atomic mass is 35.5. The SMILES string of the molecule is CCCCCC(CC)COC(=O)Nc1ccc(C)cc1-c1cccc(Cl)c1. The zero-order valence-electron chi connectivity index (χ0n) is 16.6. The number of ether oxygens (including phenoxy) is 1. The molecule has 0 spiro atoms. The van der Waals surface area contributed by atoms with Crippen molar-refractivity contribution in [1.82, 2.24) is 0 Å². The number of carbonyl (C=O) groups is 1. The number of hydrogen-bond donors (Lipinski definition) is 1. The van der Waals surface area contributed by atoms with Crippen molar-refractivity contribution in [1.29, 1.82) is 0 Å². The van der Waals surface area contributed by atoms with E-state index < -0.39 is 6.09 Å². The van der Waals surface area contributed by atoms with E-state index in [1.807, 2.05) is 49.4 Å². The van der Waals surface area contributed by atoms with Gasteiger partial charge in [0, 0.05) is 10.6 Å². The molecule has 1 unspecified atom stereocenters. The summed E-state index contributed by atoms with van der Waals surface area (Å²) in [4.78, 5) is 12.3. The monoisotopic (exact) mass is 387 g/mol. The maximum atomic E-state index is 12.3. The highest BCUT2D eigenvalue weighted by Gasteiger charge is 2.13. The molecule has 0 radical (unpaired) electrons. The van der Waals surface area contributed by atoms with Crippen molar-refractivity contribution in [2.24, 2.45) is 5.92 Å². The number of nitrogens with one attached hydrogen (secondary N) is 1. The summed E-state index contributed by atoms with van der Waals surface area (Å²) in [6, 6.07) is 13.6. The van der Waals surface area contributed by atoms with Crippen LogP contribution in [-0.2, 0) is 4.74 Å². The van der Waals surface area contributed by atoms with E-state index in [4.69, 9.17) is 16.3 Å². The molecule has 0 bridgehead atoms. The van der Waals surface area contributed by atoms with Crippen LogP contribution in [0.25, 0.3) is 11.1 Å². The molecule has 0 aliphatic carbocycles. The third kappa shape index (κ3) is 6.91. The molecule has 2 rings (SSSR count). The molecule has 1 atom stereocenters. The second kappa shape index (κ2) is 11.0. The lowest BCUT2D eigenvalue weighted by Gasteiger charge is -2.16. The van der Waals surface area contributed by atoms with Crippen molar-refractivity contribution < 1.29 is 9.53 Å². The lowest BCUT2D eigenvalue weighted by molar-refractivity contribution is 0.136. The Bertz CT molecular complexity index is 745. The zero-order chi connectivity index (χ0) is 19.6. The second-order valence-corrected chi connectivity index (χ2v) is 7.49. The van der Waals surface area contributed by atoms with E-state index in [-0.39, 0.29) is 0 Å². The van der Waals surface area contributed by atoms with Crippen LogP contribution in [0.5, 0.6) is 0 Å². The number of carbonyl (C=O) groups excluding carboxylic acids is 1. The van der Waals surface area contributed by atoms with Gasteiger partial charge in [0.25, 0.3) is 0 Å². The first kappa shape index (κ1) is 21.3. The minimum absolute atomic E-state index is 0.406. The van der Waals surface area contributed by atoms with Crippen LogP contribution in [0, 0.1) is 12.8 Å². The van der Waals surface area contributed by atoms with E-state index in [0.29, 0.717) is 17.5 Å². The maximum Gasteiger partial charge on any atom is 0.411 e. The Hall–Kier alpha value is -2.00. The fraction of sp³-hybridized carbons (Fsp3) is 0.435. The number of hydrogen-bond acceptors (Lipinski definition) is 2. The minimum Gasteiger partial charge on any atom is -0.449 e. The van der Waals surface area contributed by atoms with Gasteiger partial charge >= 0.3 is 6.09 Å². The predicted molar refractivity (Wildman–Crippen MR) is 115 cm³/mol. The molecule has 146 valence electrons. The number of amides is 1. The summed E-state index contributed by atoms with van der Waals surface area (Å²) < 4.78 is 5.50. The molecule has 0 saturated carbocycles. The summed E-state index contributed by atoms with van der Waals surface area (Å²) in [7, 11) is 0. The third-order valence-electron chi connectivity index (χ3n) is 4.79. The van der Waals surface area contributed by atoms with Crippen LogP contribution >= 0.6 is 11.6 Å². The van der Waals surface area contributed by atoms with E-state index in [1.165, 1.54) is 19.3 Å². The molecule has 1 amide bonds. The summed E-state index contributed by atoms with van der Waals surface area (Å²) in [5.41, 5.74) is 3.75. The van der Waals surface area contributed by atoms with Crippen molar-refractivity contribution in [3.63, 3.8) is 0 Å². The molecule has 0 aromatic heterocycles. The zero-order valence-corrected chi connectivity index (χ0v) is 17.3. The van der Waals surface area contributed by atoms with E-state index in [1.54, 1.807) is 0 Å². The Morgan fingerprint density at radius 2 is 1.96 bits per heavy atom. The van der Waals surface area contributed by atoms with Crippen molar-refractivity contribution in [2.45, 2.75) is 52.9 Å². The van der Waals surface area contributed by atoms with E-state index in [0.717, 1.165) is 35.2 Å². The molecular formula is C23H30ClNO2. The highest BCUT2D eigenvalue weighted by molar-refractivity contribution is 6.30. The molecule has 2 aromatic carbocycles. The standard InChI is InChI=1S/C23H30ClNO2/c1-4-6-7-9-18(5-2)16-27-23(26)25-22-13-12-17(3)14-21(22)19-10-8-11-20(24)15-19/h8,10-15,18H,4-7,9,16H2,1-3H3,(H,25,26). The molecule has 0 aliphatic rings. The summed E-state index contributed by atoms with van der Waals surface area (Å²) in [5.74, 6) is 0.424. The highest BCUT2D eigenvalue weighted by Crippen LogP contribution is 2.31. The number of aryl methyl sites for hydroxylation is 1. The number of rotatable bonds is 9. The van der Waals surface area contributed by atoms with Crippen molar-refractivity contribution in [3.05, 3.63) is 53.1 Å². The number of anilines is 1. The fourth-order valence-corrected chi connectivity index (χ4v) is 3.28. The van der Waals surface area contributed by atoms with Gasteiger partial charge in [0.05, 0.1) is 12.3 Å². The van der Waals surface area contributed by atoms with Gasteiger partial charge in [0.2, 0.25) is 0 Å². The molecule has 1 N–H and O–H groups in total. The normalized spacial score (nSPS) is 11.9. The first-order valence-corrected chi connectivity index (χ1v) is 10.2. The van der Waals surface area contributed by atoms with Crippen molar-refractivity contribution >= 4 is 23.4 Å². The smallest absolute Gasteiger partial charge is 0.411 e. The van der Waals surface area contributed by atoms with Crippen LogP contribution in [0.15, 0.2) is 42.5 Å². The maximum absolute atomic E-state index is 12.3. The molecule has 0 fully saturated rings. The molecule has 3 nitrogen and oxygen atoms in total. The average molecular weight is 388 g/mol. The number of unbranched alkanes of at least 4 members (excludes halogenated alkanes) is 2. The van der Waals surface area contributed by atoms with Crippen LogP contribution in [0.4, 0.5) is 10.5 Å². The predicted octanol–water partition coefficient (Wildman–Crippen LogP) is 7.47. The third-order valence-corrected chi connectivity index (χ3v) is 5.03. The average Bonchev–Trinajstić information content (AvgIpc) is 2.66. The van der Waals surface area contributed by atoms with E-state index in [2.05, 4.69) is 19.2 Å². The van der Waals surface area contributed by atoms with Crippen LogP contribution in [0.1, 0.15) is 51.5 Å². The van der Waals surface area contributed by atoms with Gasteiger partial charge in [-0.2, -0.15) is 0 Å². The van der Waals surface area contributed by atoms with Gasteiger partial charge in [0.15, 0.2) is 0 Å². The fourth-order valence-electron chi connectivity index (χ4n) is 3.09. The van der Waals surface area contributed by atoms with Gasteiger partial charge in [-0.15, -0.1) is 0 Å². The van der Waals surface area contributed by atoms with Crippen LogP contribution in [0.2, 0.25) is 5.02 Å². The van der Waals surface area contributed by atoms with Gasteiger partial charge < -0.3 is 4.74 Å². The Kier molecular flexibility index (Phi) is 8.66.